The second-order valence-electron chi connectivity index (χ2n) is 4.65. The fourth-order valence-corrected chi connectivity index (χ4v) is 2.46. The highest BCUT2D eigenvalue weighted by atomic mass is 16.6. The van der Waals surface area contributed by atoms with Gasteiger partial charge in [0.1, 0.15) is 17.3 Å². The van der Waals surface area contributed by atoms with Gasteiger partial charge in [-0.1, -0.05) is 6.07 Å². The minimum absolute atomic E-state index is 0.0990. The zero-order chi connectivity index (χ0) is 13.8. The number of piperidine rings is 1. The third kappa shape index (κ3) is 2.66. The van der Waals surface area contributed by atoms with E-state index in [0.29, 0.717) is 5.69 Å². The van der Waals surface area contributed by atoms with Crippen molar-refractivity contribution in [2.45, 2.75) is 18.9 Å². The Morgan fingerprint density at radius 1 is 1.58 bits per heavy atom. The van der Waals surface area contributed by atoms with Crippen LogP contribution in [0.1, 0.15) is 18.4 Å². The molecule has 1 heterocycles. The first-order valence-corrected chi connectivity index (χ1v) is 6.26. The van der Waals surface area contributed by atoms with E-state index >= 15 is 0 Å². The number of para-hydroxylation sites is 1. The van der Waals surface area contributed by atoms with E-state index in [0.717, 1.165) is 25.9 Å². The lowest BCUT2D eigenvalue weighted by molar-refractivity contribution is -0.384. The highest BCUT2D eigenvalue weighted by Gasteiger charge is 2.26. The maximum Gasteiger partial charge on any atom is 0.310 e. The van der Waals surface area contributed by atoms with Crippen LogP contribution in [0.15, 0.2) is 18.2 Å². The molecule has 1 aliphatic rings. The molecular weight excluding hydrogens is 244 g/mol. The molecular formula is C13H16N4O2. The van der Waals surface area contributed by atoms with Crippen molar-refractivity contribution >= 4 is 11.4 Å². The van der Waals surface area contributed by atoms with Crippen LogP contribution < -0.4 is 10.2 Å². The molecule has 1 aliphatic heterocycles. The van der Waals surface area contributed by atoms with Crippen molar-refractivity contribution in [1.29, 1.82) is 5.26 Å². The summed E-state index contributed by atoms with van der Waals surface area (Å²) in [5, 5.41) is 23.5. The van der Waals surface area contributed by atoms with E-state index in [1.165, 1.54) is 6.07 Å². The van der Waals surface area contributed by atoms with E-state index in [-0.39, 0.29) is 17.3 Å². The van der Waals surface area contributed by atoms with Gasteiger partial charge in [-0.3, -0.25) is 10.1 Å². The largest absolute Gasteiger partial charge is 0.365 e. The Bertz CT molecular complexity index is 518. The normalized spacial score (nSPS) is 18.6. The molecule has 100 valence electrons. The van der Waals surface area contributed by atoms with Crippen molar-refractivity contribution in [3.8, 4) is 6.07 Å². The highest BCUT2D eigenvalue weighted by molar-refractivity contribution is 5.70. The number of nitro groups is 1. The van der Waals surface area contributed by atoms with Crippen LogP contribution in [0.25, 0.3) is 0 Å². The maximum absolute atomic E-state index is 11.2. The Kier molecular flexibility index (Phi) is 3.97. The first-order chi connectivity index (χ1) is 9.15. The standard InChI is InChI=1S/C13H16N4O2/c1-16(11-5-3-7-15-9-11)12-6-2-4-10(8-14)13(12)17(18)19/h2,4,6,11,15H,3,5,7,9H2,1H3. The molecule has 0 saturated carbocycles. The van der Waals surface area contributed by atoms with E-state index < -0.39 is 4.92 Å². The van der Waals surface area contributed by atoms with Crippen molar-refractivity contribution in [1.82, 2.24) is 5.32 Å². The third-order valence-corrected chi connectivity index (χ3v) is 3.52. The minimum Gasteiger partial charge on any atom is -0.365 e. The smallest absolute Gasteiger partial charge is 0.310 e. The van der Waals surface area contributed by atoms with Gasteiger partial charge in [0, 0.05) is 19.6 Å². The molecule has 19 heavy (non-hydrogen) atoms. The van der Waals surface area contributed by atoms with Crippen LogP contribution in [0.2, 0.25) is 0 Å². The Morgan fingerprint density at radius 3 is 2.95 bits per heavy atom. The molecule has 6 heteroatoms. The Balaban J connectivity index is 2.38. The molecule has 0 spiro atoms. The maximum atomic E-state index is 11.2. The molecule has 6 nitrogen and oxygen atoms in total. The van der Waals surface area contributed by atoms with Crippen LogP contribution in [0, 0.1) is 21.4 Å². The van der Waals surface area contributed by atoms with Gasteiger partial charge in [-0.25, -0.2) is 0 Å². The Labute approximate surface area is 111 Å². The van der Waals surface area contributed by atoms with Crippen molar-refractivity contribution in [3.05, 3.63) is 33.9 Å². The number of anilines is 1. The van der Waals surface area contributed by atoms with E-state index in [4.69, 9.17) is 5.26 Å². The summed E-state index contributed by atoms with van der Waals surface area (Å²) < 4.78 is 0. The molecule has 0 amide bonds. The van der Waals surface area contributed by atoms with Crippen molar-refractivity contribution < 1.29 is 4.92 Å². The van der Waals surface area contributed by atoms with Gasteiger partial charge in [0.2, 0.25) is 0 Å². The fraction of sp³-hybridized carbons (Fsp3) is 0.462. The molecule has 0 bridgehead atoms. The summed E-state index contributed by atoms with van der Waals surface area (Å²) in [7, 11) is 1.85. The number of benzene rings is 1. The van der Waals surface area contributed by atoms with Gasteiger partial charge >= 0.3 is 5.69 Å². The number of nitrogens with one attached hydrogen (secondary N) is 1. The summed E-state index contributed by atoms with van der Waals surface area (Å²) in [5.74, 6) is 0. The Hall–Kier alpha value is -2.13. The summed E-state index contributed by atoms with van der Waals surface area (Å²) in [6.07, 6.45) is 2.05. The lowest BCUT2D eigenvalue weighted by atomic mass is 10.0. The molecule has 1 fully saturated rings. The van der Waals surface area contributed by atoms with Crippen LogP contribution in [0.5, 0.6) is 0 Å². The molecule has 1 aromatic carbocycles. The zero-order valence-electron chi connectivity index (χ0n) is 10.8. The quantitative estimate of drug-likeness (QED) is 0.660. The van der Waals surface area contributed by atoms with Crippen LogP contribution in [0.4, 0.5) is 11.4 Å². The zero-order valence-corrected chi connectivity index (χ0v) is 10.8. The van der Waals surface area contributed by atoms with Gasteiger partial charge in [-0.15, -0.1) is 0 Å². The average molecular weight is 260 g/mol. The fourth-order valence-electron chi connectivity index (χ4n) is 2.46. The van der Waals surface area contributed by atoms with Crippen LogP contribution in [-0.2, 0) is 0 Å². The van der Waals surface area contributed by atoms with E-state index in [9.17, 15) is 10.1 Å². The predicted molar refractivity (Wildman–Crippen MR) is 72.1 cm³/mol. The number of rotatable bonds is 3. The molecule has 1 unspecified atom stereocenters. The molecule has 0 aromatic heterocycles. The summed E-state index contributed by atoms with van der Waals surface area (Å²) in [4.78, 5) is 12.6. The van der Waals surface area contributed by atoms with E-state index in [1.807, 2.05) is 18.0 Å². The van der Waals surface area contributed by atoms with Crippen molar-refractivity contribution in [2.75, 3.05) is 25.0 Å². The number of nitrogens with zero attached hydrogens (tertiary/aromatic N) is 3. The first-order valence-electron chi connectivity index (χ1n) is 6.26. The van der Waals surface area contributed by atoms with Crippen LogP contribution >= 0.6 is 0 Å². The third-order valence-electron chi connectivity index (χ3n) is 3.52. The molecule has 1 saturated heterocycles. The van der Waals surface area contributed by atoms with E-state index in [1.54, 1.807) is 12.1 Å². The highest BCUT2D eigenvalue weighted by Crippen LogP contribution is 2.32. The second-order valence-corrected chi connectivity index (χ2v) is 4.65. The molecule has 2 rings (SSSR count). The first kappa shape index (κ1) is 13.3. The summed E-state index contributed by atoms with van der Waals surface area (Å²) >= 11 is 0. The lowest BCUT2D eigenvalue weighted by Crippen LogP contribution is -2.44. The van der Waals surface area contributed by atoms with Crippen LogP contribution in [0.3, 0.4) is 0 Å². The average Bonchev–Trinajstić information content (AvgIpc) is 2.46. The van der Waals surface area contributed by atoms with Crippen molar-refractivity contribution in [3.63, 3.8) is 0 Å². The van der Waals surface area contributed by atoms with E-state index in [2.05, 4.69) is 5.32 Å². The number of nitro benzene ring substituents is 1. The number of likely N-dealkylation sites (N-methyl/N-ethyl adjacent to an activating group) is 1. The summed E-state index contributed by atoms with van der Waals surface area (Å²) in [5.41, 5.74) is 0.522. The number of hydrogen-bond donors (Lipinski definition) is 1. The molecule has 1 N–H and O–H groups in total. The second kappa shape index (κ2) is 5.67. The van der Waals surface area contributed by atoms with Gasteiger partial charge < -0.3 is 10.2 Å². The van der Waals surface area contributed by atoms with Gasteiger partial charge in [0.05, 0.1) is 4.92 Å². The Morgan fingerprint density at radius 2 is 2.37 bits per heavy atom. The van der Waals surface area contributed by atoms with Gasteiger partial charge in [0.25, 0.3) is 0 Å². The molecule has 1 aromatic rings. The summed E-state index contributed by atoms with van der Waals surface area (Å²) in [6, 6.07) is 6.99. The molecule has 0 radical (unpaired) electrons. The minimum atomic E-state index is -0.472. The molecule has 0 aliphatic carbocycles. The topological polar surface area (TPSA) is 82.2 Å². The van der Waals surface area contributed by atoms with Crippen LogP contribution in [-0.4, -0.2) is 31.1 Å². The lowest BCUT2D eigenvalue weighted by Gasteiger charge is -2.33. The molecule has 1 atom stereocenters. The number of nitriles is 1. The predicted octanol–water partition coefficient (Wildman–Crippen LogP) is 1.65. The van der Waals surface area contributed by atoms with Gasteiger partial charge in [-0.05, 0) is 31.5 Å². The van der Waals surface area contributed by atoms with Gasteiger partial charge in [-0.2, -0.15) is 5.26 Å². The van der Waals surface area contributed by atoms with Crippen molar-refractivity contribution in [2.24, 2.45) is 0 Å². The number of hydrogen-bond acceptors (Lipinski definition) is 5. The van der Waals surface area contributed by atoms with Gasteiger partial charge in [0.15, 0.2) is 0 Å². The SMILES string of the molecule is CN(c1cccc(C#N)c1[N+](=O)[O-])C1CCCNC1. The monoisotopic (exact) mass is 260 g/mol. The summed E-state index contributed by atoms with van der Waals surface area (Å²) in [6.45, 7) is 1.80.